The molecule has 74 heavy (non-hydrogen) atoms. The number of hydrogen-bond acceptors (Lipinski definition) is 15. The maximum Gasteiger partial charge on any atom is 0.332 e. The lowest BCUT2D eigenvalue weighted by molar-refractivity contribution is -0.160. The summed E-state index contributed by atoms with van der Waals surface area (Å²) < 4.78 is 17.0. The van der Waals surface area contributed by atoms with Crippen LogP contribution < -0.4 is 36.6 Å². The SMILES string of the molecule is CC[C@H](C)[C@H]1NC(=O)[C@@H](NC(=O)[C@H](C)[C@H](O)C(C)C)[C@@H](C)OC(=O)[C@@H]2COC(=O)CNC(=O)/C=C\[C@](O)(CCl)[C@@H](C)Oc3ccc(cc3)[C@H](NC1=O)C(=O)N(C)[C@@H](Cc1ccccc1)C(=O)N[C@H]([C@@H](C)O)C(=O)N2. The van der Waals surface area contributed by atoms with E-state index < -0.39 is 156 Å². The lowest BCUT2D eigenvalue weighted by atomic mass is 9.93. The van der Waals surface area contributed by atoms with Crippen molar-refractivity contribution in [3.8, 4) is 5.75 Å². The van der Waals surface area contributed by atoms with Gasteiger partial charge in [-0.15, -0.1) is 11.6 Å². The third kappa shape index (κ3) is 15.9. The Hall–Kier alpha value is -6.62. The molecule has 23 heteroatoms. The number of esters is 2. The molecule has 406 valence electrons. The van der Waals surface area contributed by atoms with Crippen LogP contribution in [-0.2, 0) is 59.0 Å². The summed E-state index contributed by atoms with van der Waals surface area (Å²) >= 11 is 6.17. The summed E-state index contributed by atoms with van der Waals surface area (Å²) in [6, 6.07) is 4.00. The normalized spacial score (nSPS) is 28.5. The molecule has 3 aliphatic heterocycles. The van der Waals surface area contributed by atoms with E-state index in [2.05, 4.69) is 31.9 Å². The highest BCUT2D eigenvalue weighted by molar-refractivity contribution is 6.18. The Balaban J connectivity index is 2.03. The third-order valence-electron chi connectivity index (χ3n) is 13.1. The Morgan fingerprint density at radius 2 is 1.46 bits per heavy atom. The van der Waals surface area contributed by atoms with Gasteiger partial charge in [0, 0.05) is 19.5 Å². The van der Waals surface area contributed by atoms with Gasteiger partial charge in [-0.3, -0.25) is 38.4 Å². The molecule has 0 spiro atoms. The molecule has 4 bridgehead atoms. The van der Waals surface area contributed by atoms with Crippen LogP contribution in [0.5, 0.6) is 5.75 Å². The molecule has 1 saturated heterocycles. The van der Waals surface area contributed by atoms with Crippen molar-refractivity contribution in [2.45, 2.75) is 134 Å². The first kappa shape index (κ1) is 59.9. The largest absolute Gasteiger partial charge is 0.487 e. The molecule has 1 fully saturated rings. The average Bonchev–Trinajstić information content (AvgIpc) is 3.37. The standard InChI is InChI=1S/C51H70ClN7O15/c1-10-27(4)39-46(66)58-42-33-16-18-34(19-17-33)74-31(8)51(71,25-52)21-20-37(61)53-23-38(62)72-24-35(50(70)73-30(7)41(48(68)55-39)57-44(64)28(5)43(63)26(2)3)54-47(67)40(29(6)60)56-45(65)36(59(9)49(42)69)22-32-14-12-11-13-15-32/h11-21,26-31,35-36,39-43,60,63,71H,10,22-25H2,1-9H3,(H,53,61)(H,54,67)(H,55,68)(H,56,65)(H,57,64)(H,58,66)/b21-20-/t27-,28+,29+,30+,31+,35-,36-,39+,40+,41-,42-,43+,51-/m0/s1. The summed E-state index contributed by atoms with van der Waals surface area (Å²) in [6.07, 6.45) is -3.61. The van der Waals surface area contributed by atoms with E-state index in [1.165, 1.54) is 52.1 Å². The highest BCUT2D eigenvalue weighted by atomic mass is 35.5. The van der Waals surface area contributed by atoms with Gasteiger partial charge in [0.05, 0.1) is 24.0 Å². The van der Waals surface area contributed by atoms with Crippen molar-refractivity contribution in [3.63, 3.8) is 0 Å². The summed E-state index contributed by atoms with van der Waals surface area (Å²) in [4.78, 5) is 128. The minimum absolute atomic E-state index is 0.133. The van der Waals surface area contributed by atoms with Crippen molar-refractivity contribution in [1.82, 2.24) is 36.8 Å². The van der Waals surface area contributed by atoms with Gasteiger partial charge in [-0.25, -0.2) is 4.79 Å². The number of amides is 7. The molecule has 2 aromatic carbocycles. The van der Waals surface area contributed by atoms with Crippen LogP contribution in [0.2, 0.25) is 0 Å². The van der Waals surface area contributed by atoms with Gasteiger partial charge < -0.3 is 66.3 Å². The molecule has 3 heterocycles. The number of cyclic esters (lactones) is 1. The Morgan fingerprint density at radius 3 is 2.05 bits per heavy atom. The molecule has 7 amide bonds. The number of nitrogens with one attached hydrogen (secondary N) is 6. The van der Waals surface area contributed by atoms with Gasteiger partial charge in [0.25, 0.3) is 0 Å². The number of hydrogen-bond donors (Lipinski definition) is 9. The second-order valence-corrected chi connectivity index (χ2v) is 19.4. The molecule has 9 N–H and O–H groups in total. The van der Waals surface area contributed by atoms with Gasteiger partial charge in [-0.05, 0) is 61.9 Å². The molecule has 13 atom stereocenters. The molecule has 3 aliphatic rings. The van der Waals surface area contributed by atoms with Gasteiger partial charge in [0.1, 0.15) is 66.9 Å². The number of halogens is 1. The third-order valence-corrected chi connectivity index (χ3v) is 13.6. The number of carbonyl (C=O) groups excluding carboxylic acids is 9. The van der Waals surface area contributed by atoms with E-state index in [4.69, 9.17) is 25.8 Å². The molecule has 0 unspecified atom stereocenters. The fourth-order valence-corrected chi connectivity index (χ4v) is 8.20. The number of alkyl halides is 1. The summed E-state index contributed by atoms with van der Waals surface area (Å²) in [5.74, 6) is -11.8. The number of fused-ring (bicyclic) bond motifs is 11. The van der Waals surface area contributed by atoms with E-state index in [1.54, 1.807) is 58.0 Å². The summed E-state index contributed by atoms with van der Waals surface area (Å²) in [5, 5.41) is 48.3. The predicted molar refractivity (Wildman–Crippen MR) is 267 cm³/mol. The summed E-state index contributed by atoms with van der Waals surface area (Å²) in [5.41, 5.74) is -1.28. The highest BCUT2D eigenvalue weighted by Crippen LogP contribution is 2.26. The van der Waals surface area contributed by atoms with E-state index >= 15 is 4.79 Å². The Bertz CT molecular complexity index is 2360. The number of aliphatic hydroxyl groups excluding tert-OH is 2. The van der Waals surface area contributed by atoms with Crippen LogP contribution in [0.25, 0.3) is 0 Å². The van der Waals surface area contributed by atoms with Crippen LogP contribution >= 0.6 is 11.6 Å². The Morgan fingerprint density at radius 1 is 0.838 bits per heavy atom. The van der Waals surface area contributed by atoms with Gasteiger partial charge in [-0.1, -0.05) is 83.5 Å². The first-order valence-electron chi connectivity index (χ1n) is 24.4. The maximum atomic E-state index is 15.2. The number of aliphatic hydroxyl groups is 3. The van der Waals surface area contributed by atoms with Crippen molar-refractivity contribution in [3.05, 3.63) is 77.9 Å². The molecular weight excluding hydrogens is 986 g/mol. The van der Waals surface area contributed by atoms with Gasteiger partial charge in [0.15, 0.2) is 6.04 Å². The number of carbonyl (C=O) groups is 9. The van der Waals surface area contributed by atoms with Crippen molar-refractivity contribution in [2.75, 3.05) is 26.1 Å². The zero-order chi connectivity index (χ0) is 55.2. The molecule has 0 saturated carbocycles. The zero-order valence-corrected chi connectivity index (χ0v) is 43.7. The van der Waals surface area contributed by atoms with Crippen molar-refractivity contribution >= 4 is 64.9 Å². The molecular formula is C51H70ClN7O15. The predicted octanol–water partition coefficient (Wildman–Crippen LogP) is -0.156. The minimum atomic E-state index is -1.98. The number of ether oxygens (including phenoxy) is 3. The fourth-order valence-electron chi connectivity index (χ4n) is 7.90. The van der Waals surface area contributed by atoms with Crippen molar-refractivity contribution < 1.29 is 72.7 Å². The molecule has 0 radical (unpaired) electrons. The lowest BCUT2D eigenvalue weighted by Crippen LogP contribution is -2.61. The molecule has 22 nitrogen and oxygen atoms in total. The fraction of sp³-hybridized carbons (Fsp3) is 0.549. The second kappa shape index (κ2) is 27.1. The highest BCUT2D eigenvalue weighted by Gasteiger charge is 2.42. The van der Waals surface area contributed by atoms with Crippen LogP contribution in [0.15, 0.2) is 66.7 Å². The van der Waals surface area contributed by atoms with Gasteiger partial charge in [-0.2, -0.15) is 0 Å². The molecule has 5 rings (SSSR count). The first-order chi connectivity index (χ1) is 34.8. The number of nitrogens with zero attached hydrogens (tertiary/aromatic N) is 1. The van der Waals surface area contributed by atoms with E-state index in [0.29, 0.717) is 5.56 Å². The maximum absolute atomic E-state index is 15.2. The number of rotatable bonds is 10. The number of likely N-dealkylation sites (N-methyl/N-ethyl adjacent to an activating group) is 1. The van der Waals surface area contributed by atoms with Crippen LogP contribution in [-0.4, -0.2) is 160 Å². The molecule has 0 aliphatic carbocycles. The quantitative estimate of drug-likeness (QED) is 0.110. The van der Waals surface area contributed by atoms with Crippen molar-refractivity contribution in [1.29, 1.82) is 0 Å². The Kier molecular flexibility index (Phi) is 21.9. The molecule has 2 aromatic rings. The minimum Gasteiger partial charge on any atom is -0.487 e. The average molecular weight is 1060 g/mol. The molecule has 0 aromatic heterocycles. The Labute approximate surface area is 435 Å². The number of benzene rings is 2. The second-order valence-electron chi connectivity index (χ2n) is 19.1. The van der Waals surface area contributed by atoms with Crippen LogP contribution in [0.3, 0.4) is 0 Å². The zero-order valence-electron chi connectivity index (χ0n) is 43.0. The lowest BCUT2D eigenvalue weighted by Gasteiger charge is -2.34. The van der Waals surface area contributed by atoms with Crippen LogP contribution in [0, 0.1) is 17.8 Å². The smallest absolute Gasteiger partial charge is 0.332 e. The first-order valence-corrected chi connectivity index (χ1v) is 24.9. The van der Waals surface area contributed by atoms with Crippen molar-refractivity contribution in [2.24, 2.45) is 17.8 Å². The van der Waals surface area contributed by atoms with E-state index in [9.17, 15) is 53.7 Å². The topological polar surface area (TPSA) is 317 Å². The van der Waals surface area contributed by atoms with Crippen LogP contribution in [0.4, 0.5) is 0 Å². The van der Waals surface area contributed by atoms with E-state index in [1.807, 2.05) is 0 Å². The van der Waals surface area contributed by atoms with E-state index in [0.717, 1.165) is 24.0 Å². The van der Waals surface area contributed by atoms with Crippen LogP contribution in [0.1, 0.15) is 79.0 Å². The summed E-state index contributed by atoms with van der Waals surface area (Å²) in [6.45, 7) is 10.2. The van der Waals surface area contributed by atoms with E-state index in [-0.39, 0.29) is 24.2 Å². The summed E-state index contributed by atoms with van der Waals surface area (Å²) in [7, 11) is 1.29. The van der Waals surface area contributed by atoms with Gasteiger partial charge in [0.2, 0.25) is 41.4 Å². The monoisotopic (exact) mass is 1060 g/mol. The van der Waals surface area contributed by atoms with Gasteiger partial charge >= 0.3 is 11.9 Å².